The van der Waals surface area contributed by atoms with Gasteiger partial charge in [-0.15, -0.1) is 0 Å². The minimum atomic E-state index is -3.35. The molecule has 15 aromatic rings. The molecule has 10 heteroatoms. The number of aromatic nitrogens is 8. The standard InChI is InChI=1S/C60H42N8OSi/c1-37-17-12-28-48-54(37)61-58-65(45-26-10-11-27-46(45)66(48)58)41-33-34-47-52(36-41)67-49-29-13-18-38(2)55(49)62-59(67)64(47)40-20-15-25-44(35-40)70(42-21-6-4-7-22-42,43-23-8-5-9-24-43)53-32-16-31-51-57(53)69-60-63-56-39(3)19-14-30-50(56)68(51)60/h4-36H,1-3H3/i1D3,2D3. The molecule has 0 aliphatic rings. The van der Waals surface area contributed by atoms with Gasteiger partial charge in [-0.3, -0.25) is 22.3 Å². The van der Waals surface area contributed by atoms with Gasteiger partial charge in [0, 0.05) is 13.9 Å². The Bertz CT molecular complexity index is 4850. The quantitative estimate of drug-likeness (QED) is 0.123. The smallest absolute Gasteiger partial charge is 0.307 e. The molecule has 6 aromatic heterocycles. The van der Waals surface area contributed by atoms with Gasteiger partial charge in [0.05, 0.1) is 66.4 Å². The number of nitrogens with zero attached hydrogens (tertiary/aromatic N) is 8. The van der Waals surface area contributed by atoms with Gasteiger partial charge in [0.2, 0.25) is 11.6 Å². The topological polar surface area (TPSA) is 74.9 Å². The molecule has 0 unspecified atom stereocenters. The van der Waals surface area contributed by atoms with Gasteiger partial charge in [0.25, 0.3) is 0 Å². The SMILES string of the molecule is [2H]C([2H])([2H])c1cccc2c1nc1n(-c3ccc4c(c3)n3c5cccc(C([2H])([2H])[2H])c5nc3n4-c3cccc([Si](c4ccccc4)(c4ccccc4)c4cccc5c4oc4nc6c(C)cccc6n45)c3)c3ccccc3n21. The van der Waals surface area contributed by atoms with Gasteiger partial charge in [-0.2, -0.15) is 4.98 Å². The van der Waals surface area contributed by atoms with E-state index in [1.54, 1.807) is 24.3 Å². The molecule has 332 valence electrons. The van der Waals surface area contributed by atoms with Crippen LogP contribution < -0.4 is 20.7 Å². The molecule has 9 nitrogen and oxygen atoms in total. The highest BCUT2D eigenvalue weighted by Crippen LogP contribution is 2.36. The fourth-order valence-corrected chi connectivity index (χ4v) is 16.4. The Kier molecular flexibility index (Phi) is 6.82. The van der Waals surface area contributed by atoms with Gasteiger partial charge >= 0.3 is 5.84 Å². The van der Waals surface area contributed by atoms with Crippen LogP contribution in [0.5, 0.6) is 0 Å². The van der Waals surface area contributed by atoms with E-state index in [0.717, 1.165) is 81.9 Å². The first-order chi connectivity index (χ1) is 36.9. The summed E-state index contributed by atoms with van der Waals surface area (Å²) in [5.41, 5.74) is 12.1. The van der Waals surface area contributed by atoms with Crippen molar-refractivity contribution in [2.24, 2.45) is 0 Å². The number of hydrogen-bond acceptors (Lipinski definition) is 4. The van der Waals surface area contributed by atoms with Crippen LogP contribution in [-0.4, -0.2) is 45.4 Å². The maximum atomic E-state index is 8.64. The lowest BCUT2D eigenvalue weighted by Gasteiger charge is -2.34. The molecule has 0 aliphatic carbocycles. The number of fused-ring (bicyclic) bond motifs is 15. The van der Waals surface area contributed by atoms with E-state index < -0.39 is 21.8 Å². The number of aryl methyl sites for hydroxylation is 3. The van der Waals surface area contributed by atoms with Gasteiger partial charge in [-0.25, -0.2) is 9.97 Å². The normalized spacial score (nSPS) is 14.1. The average Bonchev–Trinajstić information content (AvgIpc) is 4.45. The first kappa shape index (κ1) is 33.5. The van der Waals surface area contributed by atoms with Crippen LogP contribution in [0.4, 0.5) is 0 Å². The van der Waals surface area contributed by atoms with E-state index in [0.29, 0.717) is 39.5 Å². The van der Waals surface area contributed by atoms with E-state index in [9.17, 15) is 0 Å². The van der Waals surface area contributed by atoms with E-state index in [1.807, 2.05) is 40.8 Å². The van der Waals surface area contributed by atoms with Crippen molar-refractivity contribution in [1.82, 2.24) is 37.3 Å². The minimum Gasteiger partial charge on any atom is -0.423 e. The van der Waals surface area contributed by atoms with Crippen LogP contribution in [0.1, 0.15) is 24.9 Å². The van der Waals surface area contributed by atoms with Crippen molar-refractivity contribution in [3.8, 4) is 11.4 Å². The van der Waals surface area contributed by atoms with Crippen molar-refractivity contribution in [2.45, 2.75) is 20.6 Å². The van der Waals surface area contributed by atoms with Crippen molar-refractivity contribution in [2.75, 3.05) is 0 Å². The maximum absolute atomic E-state index is 8.64. The number of imidazole rings is 5. The fraction of sp³-hybridized carbons (Fsp3) is 0.0500. The van der Waals surface area contributed by atoms with Gasteiger partial charge in [-0.05, 0) is 125 Å². The highest BCUT2D eigenvalue weighted by Gasteiger charge is 2.44. The van der Waals surface area contributed by atoms with Crippen molar-refractivity contribution in [3.63, 3.8) is 0 Å². The molecule has 0 spiro atoms. The largest absolute Gasteiger partial charge is 0.423 e. The average molecular weight is 925 g/mol. The Hall–Kier alpha value is -8.99. The molecule has 0 saturated heterocycles. The molecule has 0 bridgehead atoms. The maximum Gasteiger partial charge on any atom is 0.307 e. The molecule has 0 saturated carbocycles. The number of para-hydroxylation sites is 6. The lowest BCUT2D eigenvalue weighted by atomic mass is 10.2. The van der Waals surface area contributed by atoms with Gasteiger partial charge in [0.15, 0.2) is 13.7 Å². The fourth-order valence-electron chi connectivity index (χ4n) is 11.5. The summed E-state index contributed by atoms with van der Waals surface area (Å²) in [4.78, 5) is 15.4. The van der Waals surface area contributed by atoms with Gasteiger partial charge < -0.3 is 4.42 Å². The summed E-state index contributed by atoms with van der Waals surface area (Å²) in [5, 5.41) is 4.47. The van der Waals surface area contributed by atoms with E-state index >= 15 is 0 Å². The van der Waals surface area contributed by atoms with Gasteiger partial charge in [-0.1, -0.05) is 133 Å². The molecule has 0 radical (unpaired) electrons. The van der Waals surface area contributed by atoms with Crippen LogP contribution in [0.15, 0.2) is 205 Å². The molecule has 6 heterocycles. The first-order valence-electron chi connectivity index (χ1n) is 26.3. The van der Waals surface area contributed by atoms with Crippen molar-refractivity contribution < 1.29 is 12.6 Å². The zero-order valence-electron chi connectivity index (χ0n) is 43.5. The zero-order chi connectivity index (χ0) is 51.4. The van der Waals surface area contributed by atoms with Crippen molar-refractivity contribution in [3.05, 3.63) is 217 Å². The summed E-state index contributed by atoms with van der Waals surface area (Å²) in [7, 11) is -3.35. The Morgan fingerprint density at radius 1 is 0.400 bits per heavy atom. The summed E-state index contributed by atoms with van der Waals surface area (Å²) < 4.78 is 68.5. The highest BCUT2D eigenvalue weighted by atomic mass is 28.3. The summed E-state index contributed by atoms with van der Waals surface area (Å²) in [5.74, 6) is 1.63. The summed E-state index contributed by atoms with van der Waals surface area (Å²) in [6.45, 7) is -2.74. The van der Waals surface area contributed by atoms with E-state index in [2.05, 4.69) is 164 Å². The Balaban J connectivity index is 1.02. The Labute approximate surface area is 409 Å². The second-order valence-corrected chi connectivity index (χ2v) is 21.9. The van der Waals surface area contributed by atoms with E-state index in [4.69, 9.17) is 27.6 Å². The summed E-state index contributed by atoms with van der Waals surface area (Å²) >= 11 is 0. The van der Waals surface area contributed by atoms with Crippen LogP contribution in [0.25, 0.3) is 95.0 Å². The van der Waals surface area contributed by atoms with Crippen LogP contribution in [0, 0.1) is 20.6 Å². The van der Waals surface area contributed by atoms with E-state index in [1.165, 1.54) is 0 Å². The van der Waals surface area contributed by atoms with E-state index in [-0.39, 0.29) is 11.1 Å². The Morgan fingerprint density at radius 3 is 1.57 bits per heavy atom. The van der Waals surface area contributed by atoms with Crippen LogP contribution >= 0.6 is 0 Å². The second-order valence-electron chi connectivity index (χ2n) is 18.1. The highest BCUT2D eigenvalue weighted by molar-refractivity contribution is 7.20. The molecular weight excluding hydrogens is 877 g/mol. The number of rotatable bonds is 6. The van der Waals surface area contributed by atoms with Crippen LogP contribution in [0.2, 0.25) is 0 Å². The second kappa shape index (κ2) is 14.3. The summed E-state index contributed by atoms with van der Waals surface area (Å²) in [6, 6.07) is 67.7. The van der Waals surface area contributed by atoms with Crippen LogP contribution in [-0.2, 0) is 0 Å². The third-order valence-electron chi connectivity index (χ3n) is 14.4. The van der Waals surface area contributed by atoms with Crippen LogP contribution in [0.3, 0.4) is 0 Å². The molecule has 9 aromatic carbocycles. The van der Waals surface area contributed by atoms with Crippen molar-refractivity contribution >= 4 is 112 Å². The Morgan fingerprint density at radius 2 is 0.900 bits per heavy atom. The molecule has 0 fully saturated rings. The molecule has 0 aliphatic heterocycles. The van der Waals surface area contributed by atoms with Gasteiger partial charge in [0.1, 0.15) is 0 Å². The number of hydrogen-bond donors (Lipinski definition) is 0. The zero-order valence-corrected chi connectivity index (χ0v) is 38.5. The lowest BCUT2D eigenvalue weighted by molar-refractivity contribution is 0.645. The molecule has 70 heavy (non-hydrogen) atoms. The molecule has 0 atom stereocenters. The molecular formula is C60H42N8OSi. The number of oxazole rings is 1. The predicted octanol–water partition coefficient (Wildman–Crippen LogP) is 11.0. The minimum absolute atomic E-state index is 0.158. The molecule has 0 N–H and O–H groups in total. The first-order valence-corrected chi connectivity index (χ1v) is 25.3. The molecule has 15 rings (SSSR count). The third kappa shape index (κ3) is 5.12. The monoisotopic (exact) mass is 924 g/mol. The predicted molar refractivity (Wildman–Crippen MR) is 286 cm³/mol. The number of benzene rings is 9. The van der Waals surface area contributed by atoms with Crippen molar-refractivity contribution in [1.29, 1.82) is 0 Å². The summed E-state index contributed by atoms with van der Waals surface area (Å²) in [6.07, 6.45) is 0. The molecule has 0 amide bonds. The third-order valence-corrected chi connectivity index (χ3v) is 19.2. The lowest BCUT2D eigenvalue weighted by Crippen LogP contribution is -2.74.